The Labute approximate surface area is 187 Å². The summed E-state index contributed by atoms with van der Waals surface area (Å²) in [6.07, 6.45) is 0. The average molecular weight is 469 g/mol. The Hall–Kier alpha value is -3.77. The zero-order chi connectivity index (χ0) is 21.4. The largest absolute Gasteiger partial charge is 0.507 e. The molecule has 0 aliphatic heterocycles. The van der Waals surface area contributed by atoms with Crippen LogP contribution >= 0.6 is 15.9 Å². The van der Waals surface area contributed by atoms with Gasteiger partial charge in [-0.05, 0) is 35.0 Å². The highest BCUT2D eigenvalue weighted by atomic mass is 79.9. The number of nitrogens with two attached hydrogens (primary N) is 1. The summed E-state index contributed by atoms with van der Waals surface area (Å²) < 4.78 is 0.938. The van der Waals surface area contributed by atoms with Crippen molar-refractivity contribution in [3.05, 3.63) is 101 Å². The molecule has 31 heavy (non-hydrogen) atoms. The van der Waals surface area contributed by atoms with E-state index in [0.717, 1.165) is 37.4 Å². The molecule has 3 N–H and O–H groups in total. The van der Waals surface area contributed by atoms with Crippen molar-refractivity contribution in [3.8, 4) is 17.0 Å². The van der Waals surface area contributed by atoms with Gasteiger partial charge in [-0.1, -0.05) is 76.6 Å². The summed E-state index contributed by atoms with van der Waals surface area (Å²) >= 11 is 3.54. The zero-order valence-electron chi connectivity index (χ0n) is 16.3. The van der Waals surface area contributed by atoms with Crippen LogP contribution in [0.2, 0.25) is 0 Å². The summed E-state index contributed by atoms with van der Waals surface area (Å²) in [5, 5.41) is 17.4. The highest BCUT2D eigenvalue weighted by Crippen LogP contribution is 2.32. The fourth-order valence-electron chi connectivity index (χ4n) is 3.77. The van der Waals surface area contributed by atoms with Crippen molar-refractivity contribution in [2.45, 2.75) is 0 Å². The minimum absolute atomic E-state index is 0.0728. The van der Waals surface area contributed by atoms with Gasteiger partial charge in [0.1, 0.15) is 11.5 Å². The van der Waals surface area contributed by atoms with E-state index in [1.807, 2.05) is 78.9 Å². The molecular weight excluding hydrogens is 452 g/mol. The molecule has 1 heterocycles. The monoisotopic (exact) mass is 468 g/mol. The van der Waals surface area contributed by atoms with E-state index in [1.165, 1.54) is 0 Å². The molecule has 6 heteroatoms. The van der Waals surface area contributed by atoms with E-state index in [2.05, 4.69) is 21.0 Å². The SMILES string of the molecule is N/N=C(/c1nc(-c2ccccc2)c2cc(Br)ccc2n1)c1c(O)ccc2ccccc12. The molecule has 5 aromatic rings. The van der Waals surface area contributed by atoms with Gasteiger partial charge in [0.25, 0.3) is 0 Å². The number of benzene rings is 4. The lowest BCUT2D eigenvalue weighted by molar-refractivity contribution is 0.475. The Bertz CT molecular complexity index is 1470. The Morgan fingerprint density at radius 2 is 1.61 bits per heavy atom. The fourth-order valence-corrected chi connectivity index (χ4v) is 4.13. The van der Waals surface area contributed by atoms with Crippen molar-refractivity contribution in [1.82, 2.24) is 9.97 Å². The second-order valence-corrected chi connectivity index (χ2v) is 8.00. The van der Waals surface area contributed by atoms with Gasteiger partial charge in [0.2, 0.25) is 0 Å². The number of aromatic hydroxyl groups is 1. The first kappa shape index (κ1) is 19.2. The van der Waals surface area contributed by atoms with Crippen LogP contribution in [0.15, 0.2) is 94.5 Å². The van der Waals surface area contributed by atoms with Crippen LogP contribution < -0.4 is 5.84 Å². The molecule has 5 nitrogen and oxygen atoms in total. The standard InChI is InChI=1S/C25H17BrN4O/c26-17-11-12-20-19(14-17)23(16-7-2-1-3-8-16)29-25(28-20)24(30-27)22-18-9-5-4-6-15(18)10-13-21(22)31/h1-14,31H,27H2/b30-24+. The van der Waals surface area contributed by atoms with Gasteiger partial charge in [-0.2, -0.15) is 5.10 Å². The van der Waals surface area contributed by atoms with Crippen LogP contribution in [0.4, 0.5) is 0 Å². The van der Waals surface area contributed by atoms with Crippen molar-refractivity contribution in [2.24, 2.45) is 10.9 Å². The number of fused-ring (bicyclic) bond motifs is 2. The number of phenolic OH excluding ortho intramolecular Hbond substituents is 1. The molecule has 0 aliphatic carbocycles. The molecule has 0 saturated carbocycles. The van der Waals surface area contributed by atoms with Crippen molar-refractivity contribution in [2.75, 3.05) is 0 Å². The third-order valence-corrected chi connectivity index (χ3v) is 5.68. The van der Waals surface area contributed by atoms with Crippen LogP contribution in [0.5, 0.6) is 5.75 Å². The highest BCUT2D eigenvalue weighted by molar-refractivity contribution is 9.10. The number of rotatable bonds is 3. The fraction of sp³-hybridized carbons (Fsp3) is 0. The lowest BCUT2D eigenvalue weighted by atomic mass is 9.98. The summed E-state index contributed by atoms with van der Waals surface area (Å²) in [6, 6.07) is 27.0. The van der Waals surface area contributed by atoms with E-state index in [9.17, 15) is 5.11 Å². The van der Waals surface area contributed by atoms with E-state index < -0.39 is 0 Å². The Morgan fingerprint density at radius 1 is 0.839 bits per heavy atom. The third-order valence-electron chi connectivity index (χ3n) is 5.19. The van der Waals surface area contributed by atoms with Gasteiger partial charge < -0.3 is 10.9 Å². The number of hydrogen-bond donors (Lipinski definition) is 2. The van der Waals surface area contributed by atoms with Crippen LogP contribution in [0, 0.1) is 0 Å². The Balaban J connectivity index is 1.82. The highest BCUT2D eigenvalue weighted by Gasteiger charge is 2.20. The first-order valence-corrected chi connectivity index (χ1v) is 10.5. The average Bonchev–Trinajstić information content (AvgIpc) is 2.81. The van der Waals surface area contributed by atoms with E-state index in [0.29, 0.717) is 17.1 Å². The van der Waals surface area contributed by atoms with E-state index in [-0.39, 0.29) is 5.75 Å². The Kier molecular flexibility index (Phi) is 4.84. The third kappa shape index (κ3) is 3.41. The van der Waals surface area contributed by atoms with Gasteiger partial charge >= 0.3 is 0 Å². The molecule has 1 aromatic heterocycles. The van der Waals surface area contributed by atoms with Gasteiger partial charge in [-0.25, -0.2) is 9.97 Å². The van der Waals surface area contributed by atoms with Crippen molar-refractivity contribution in [1.29, 1.82) is 0 Å². The van der Waals surface area contributed by atoms with Crippen molar-refractivity contribution >= 4 is 43.3 Å². The van der Waals surface area contributed by atoms with Crippen molar-refractivity contribution < 1.29 is 5.11 Å². The maximum absolute atomic E-state index is 10.7. The van der Waals surface area contributed by atoms with Crippen molar-refractivity contribution in [3.63, 3.8) is 0 Å². The second-order valence-electron chi connectivity index (χ2n) is 7.08. The quantitative estimate of drug-likeness (QED) is 0.204. The Morgan fingerprint density at radius 3 is 2.42 bits per heavy atom. The minimum atomic E-state index is 0.0728. The van der Waals surface area contributed by atoms with Crippen LogP contribution in [0.3, 0.4) is 0 Å². The molecule has 4 aromatic carbocycles. The van der Waals surface area contributed by atoms with E-state index in [4.69, 9.17) is 15.8 Å². The van der Waals surface area contributed by atoms with Gasteiger partial charge in [0.15, 0.2) is 5.82 Å². The van der Waals surface area contributed by atoms with E-state index in [1.54, 1.807) is 6.07 Å². The van der Waals surface area contributed by atoms with Crippen LogP contribution in [0.25, 0.3) is 32.9 Å². The maximum Gasteiger partial charge on any atom is 0.181 e. The summed E-state index contributed by atoms with van der Waals surface area (Å²) in [7, 11) is 0. The lowest BCUT2D eigenvalue weighted by Crippen LogP contribution is -2.13. The summed E-state index contributed by atoms with van der Waals surface area (Å²) in [5.74, 6) is 6.27. The van der Waals surface area contributed by atoms with Gasteiger partial charge in [-0.15, -0.1) is 0 Å². The topological polar surface area (TPSA) is 84.4 Å². The normalized spacial score (nSPS) is 11.8. The second kappa shape index (κ2) is 7.81. The number of aromatic nitrogens is 2. The van der Waals surface area contributed by atoms with E-state index >= 15 is 0 Å². The summed E-state index contributed by atoms with van der Waals surface area (Å²) in [5.41, 5.74) is 3.32. The van der Waals surface area contributed by atoms with Crippen LogP contribution in [-0.4, -0.2) is 20.8 Å². The maximum atomic E-state index is 10.7. The first-order chi connectivity index (χ1) is 15.2. The van der Waals surface area contributed by atoms with Gasteiger partial charge in [0.05, 0.1) is 16.8 Å². The molecule has 0 bridgehead atoms. The molecule has 0 amide bonds. The molecular formula is C25H17BrN4O. The predicted molar refractivity (Wildman–Crippen MR) is 128 cm³/mol. The smallest absolute Gasteiger partial charge is 0.181 e. The number of nitrogens with zero attached hydrogens (tertiary/aromatic N) is 3. The van der Waals surface area contributed by atoms with Gasteiger partial charge in [0, 0.05) is 15.4 Å². The van der Waals surface area contributed by atoms with Gasteiger partial charge in [-0.3, -0.25) is 0 Å². The number of halogens is 1. The molecule has 150 valence electrons. The van der Waals surface area contributed by atoms with Crippen LogP contribution in [-0.2, 0) is 0 Å². The molecule has 0 radical (unpaired) electrons. The summed E-state index contributed by atoms with van der Waals surface area (Å²) in [4.78, 5) is 9.60. The summed E-state index contributed by atoms with van der Waals surface area (Å²) in [6.45, 7) is 0. The first-order valence-electron chi connectivity index (χ1n) is 9.68. The molecule has 0 fully saturated rings. The lowest BCUT2D eigenvalue weighted by Gasteiger charge is -2.13. The predicted octanol–water partition coefficient (Wildman–Crippen LogP) is 5.63. The molecule has 5 rings (SSSR count). The molecule has 0 spiro atoms. The van der Waals surface area contributed by atoms with Crippen LogP contribution in [0.1, 0.15) is 11.4 Å². The molecule has 0 unspecified atom stereocenters. The minimum Gasteiger partial charge on any atom is -0.507 e. The molecule has 0 aliphatic rings. The number of hydrogen-bond acceptors (Lipinski definition) is 5. The molecule has 0 atom stereocenters. The number of phenols is 1. The zero-order valence-corrected chi connectivity index (χ0v) is 17.9. The molecule has 0 saturated heterocycles. The number of hydrazone groups is 1.